The van der Waals surface area contributed by atoms with Crippen LogP contribution in [0.1, 0.15) is 11.1 Å². The normalized spacial score (nSPS) is 11.1. The van der Waals surface area contributed by atoms with Gasteiger partial charge in [0, 0.05) is 11.6 Å². The molecule has 0 fully saturated rings. The molecule has 2 aromatic carbocycles. The monoisotopic (exact) mass is 428 g/mol. The van der Waals surface area contributed by atoms with Gasteiger partial charge in [-0.3, -0.25) is 0 Å². The maximum Gasteiger partial charge on any atom is 0.416 e. The number of benzene rings is 2. The number of carbonyl (C=O) groups is 1. The summed E-state index contributed by atoms with van der Waals surface area (Å²) in [6.07, 6.45) is -2.34. The Hall–Kier alpha value is -3.16. The van der Waals surface area contributed by atoms with Crippen molar-refractivity contribution in [3.63, 3.8) is 0 Å². The van der Waals surface area contributed by atoms with Gasteiger partial charge in [-0.1, -0.05) is 23.7 Å². The van der Waals surface area contributed by atoms with Gasteiger partial charge in [-0.2, -0.15) is 23.2 Å². The molecular formula is C19H13ClF4N2O3. The van der Waals surface area contributed by atoms with E-state index in [0.29, 0.717) is 12.1 Å². The van der Waals surface area contributed by atoms with E-state index in [-0.39, 0.29) is 27.7 Å². The first-order valence-corrected chi connectivity index (χ1v) is 8.21. The lowest BCUT2D eigenvalue weighted by molar-refractivity contribution is -0.137. The van der Waals surface area contributed by atoms with Gasteiger partial charge in [0.15, 0.2) is 5.75 Å². The zero-order valence-electron chi connectivity index (χ0n) is 15.1. The zero-order valence-corrected chi connectivity index (χ0v) is 15.8. The number of para-hydroxylation sites is 1. The van der Waals surface area contributed by atoms with Crippen molar-refractivity contribution in [2.24, 2.45) is 9.98 Å². The van der Waals surface area contributed by atoms with Crippen LogP contribution < -0.4 is 4.74 Å². The highest BCUT2D eigenvalue weighted by Gasteiger charge is 2.32. The van der Waals surface area contributed by atoms with E-state index in [2.05, 4.69) is 20.7 Å². The van der Waals surface area contributed by atoms with Crippen LogP contribution in [0.5, 0.6) is 5.75 Å². The third kappa shape index (κ3) is 5.66. The number of halogens is 5. The molecule has 152 valence electrons. The van der Waals surface area contributed by atoms with Gasteiger partial charge in [0.2, 0.25) is 0 Å². The van der Waals surface area contributed by atoms with Crippen LogP contribution in [0, 0.1) is 5.82 Å². The van der Waals surface area contributed by atoms with Crippen LogP contribution in [0.2, 0.25) is 5.02 Å². The summed E-state index contributed by atoms with van der Waals surface area (Å²) in [7, 11) is 2.38. The van der Waals surface area contributed by atoms with Crippen molar-refractivity contribution in [3.05, 3.63) is 58.4 Å². The maximum absolute atomic E-state index is 14.1. The molecule has 0 aromatic heterocycles. The number of alkyl halides is 3. The highest BCUT2D eigenvalue weighted by Crippen LogP contribution is 2.41. The van der Waals surface area contributed by atoms with Gasteiger partial charge in [0.05, 0.1) is 24.8 Å². The summed E-state index contributed by atoms with van der Waals surface area (Å²) in [5, 5.41) is -0.310. The molecule has 0 amide bonds. The minimum atomic E-state index is -4.66. The zero-order chi connectivity index (χ0) is 21.6. The van der Waals surface area contributed by atoms with Gasteiger partial charge < -0.3 is 9.47 Å². The van der Waals surface area contributed by atoms with E-state index in [0.717, 1.165) is 12.1 Å². The summed E-state index contributed by atoms with van der Waals surface area (Å²) in [5.41, 5.74) is -1.36. The molecule has 5 nitrogen and oxygen atoms in total. The summed E-state index contributed by atoms with van der Waals surface area (Å²) >= 11 is 5.82. The van der Waals surface area contributed by atoms with E-state index in [1.54, 1.807) is 0 Å². The SMILES string of the molecule is COC(=O)/C=C/c1cccc(F)c1N=C=Nc1cc(C(F)(F)F)cc(Cl)c1OC. The first-order valence-electron chi connectivity index (χ1n) is 7.83. The molecule has 2 aromatic rings. The quantitative estimate of drug-likeness (QED) is 0.260. The van der Waals surface area contributed by atoms with Gasteiger partial charge in [0.1, 0.15) is 23.2 Å². The van der Waals surface area contributed by atoms with Crippen LogP contribution in [0.25, 0.3) is 6.08 Å². The third-order valence-electron chi connectivity index (χ3n) is 3.51. The molecule has 2 rings (SSSR count). The second-order valence-corrected chi connectivity index (χ2v) is 5.77. The Morgan fingerprint density at radius 3 is 2.55 bits per heavy atom. The average molecular weight is 429 g/mol. The number of carbonyl (C=O) groups excluding carboxylic acids is 1. The molecule has 0 atom stereocenters. The summed E-state index contributed by atoms with van der Waals surface area (Å²) < 4.78 is 62.4. The van der Waals surface area contributed by atoms with Gasteiger partial charge in [-0.15, -0.1) is 0 Å². The molecule has 0 aliphatic rings. The molecule has 0 bridgehead atoms. The van der Waals surface area contributed by atoms with Gasteiger partial charge in [0.25, 0.3) is 0 Å². The van der Waals surface area contributed by atoms with Crippen molar-refractivity contribution in [2.75, 3.05) is 14.2 Å². The van der Waals surface area contributed by atoms with Gasteiger partial charge in [-0.05, 0) is 24.3 Å². The fourth-order valence-corrected chi connectivity index (χ4v) is 2.46. The van der Waals surface area contributed by atoms with Crippen molar-refractivity contribution in [1.29, 1.82) is 0 Å². The second kappa shape index (κ2) is 9.36. The fourth-order valence-electron chi connectivity index (χ4n) is 2.17. The summed E-state index contributed by atoms with van der Waals surface area (Å²) in [6, 6.07) is 7.49. The molecule has 10 heteroatoms. The van der Waals surface area contributed by atoms with Crippen molar-refractivity contribution < 1.29 is 31.8 Å². The summed E-state index contributed by atoms with van der Waals surface area (Å²) in [4.78, 5) is 18.6. The minimum Gasteiger partial charge on any atom is -0.493 e. The van der Waals surface area contributed by atoms with Crippen molar-refractivity contribution >= 4 is 41.0 Å². The lowest BCUT2D eigenvalue weighted by atomic mass is 10.1. The lowest BCUT2D eigenvalue weighted by Gasteiger charge is -2.11. The molecule has 0 radical (unpaired) electrons. The van der Waals surface area contributed by atoms with E-state index >= 15 is 0 Å². The lowest BCUT2D eigenvalue weighted by Crippen LogP contribution is -2.05. The highest BCUT2D eigenvalue weighted by molar-refractivity contribution is 6.32. The van der Waals surface area contributed by atoms with Crippen LogP contribution in [0.4, 0.5) is 28.9 Å². The van der Waals surface area contributed by atoms with Crippen LogP contribution in [-0.2, 0) is 15.7 Å². The summed E-state index contributed by atoms with van der Waals surface area (Å²) in [5.74, 6) is -1.54. The Balaban J connectivity index is 2.51. The van der Waals surface area contributed by atoms with E-state index in [9.17, 15) is 22.4 Å². The largest absolute Gasteiger partial charge is 0.493 e. The van der Waals surface area contributed by atoms with Crippen molar-refractivity contribution in [1.82, 2.24) is 0 Å². The van der Waals surface area contributed by atoms with Crippen molar-refractivity contribution in [2.45, 2.75) is 6.18 Å². The minimum absolute atomic E-state index is 0.123. The Labute approximate surface area is 167 Å². The first-order chi connectivity index (χ1) is 13.7. The number of rotatable bonds is 5. The number of hydrogen-bond donors (Lipinski definition) is 0. The fraction of sp³-hybridized carbons (Fsp3) is 0.158. The molecule has 0 heterocycles. The number of nitrogens with zero attached hydrogens (tertiary/aromatic N) is 2. The van der Waals surface area contributed by atoms with Crippen LogP contribution in [-0.4, -0.2) is 26.2 Å². The topological polar surface area (TPSA) is 60.2 Å². The second-order valence-electron chi connectivity index (χ2n) is 5.37. The smallest absolute Gasteiger partial charge is 0.416 e. The van der Waals surface area contributed by atoms with Crippen LogP contribution in [0.3, 0.4) is 0 Å². The van der Waals surface area contributed by atoms with E-state index < -0.39 is 23.5 Å². The molecule has 0 aliphatic heterocycles. The molecule has 0 unspecified atom stereocenters. The Bertz CT molecular complexity index is 1010. The Kier molecular flexibility index (Phi) is 7.14. The molecule has 29 heavy (non-hydrogen) atoms. The Morgan fingerprint density at radius 2 is 1.93 bits per heavy atom. The van der Waals surface area contributed by atoms with E-state index in [4.69, 9.17) is 16.3 Å². The third-order valence-corrected chi connectivity index (χ3v) is 3.79. The molecule has 0 N–H and O–H groups in total. The molecule has 0 saturated heterocycles. The van der Waals surface area contributed by atoms with Crippen LogP contribution in [0.15, 0.2) is 46.4 Å². The summed E-state index contributed by atoms with van der Waals surface area (Å²) in [6.45, 7) is 0. The standard InChI is InChI=1S/C19H13ClF4N2O3/c1-28-16(27)7-6-11-4-3-5-14(21)17(11)26-10-25-15-9-12(19(22,23)24)8-13(20)18(15)29-2/h3-9H,1-2H3/b7-6+. The van der Waals surface area contributed by atoms with E-state index in [1.807, 2.05) is 0 Å². The Morgan fingerprint density at radius 1 is 1.21 bits per heavy atom. The number of ether oxygens (including phenoxy) is 2. The number of methoxy groups -OCH3 is 2. The number of hydrogen-bond acceptors (Lipinski definition) is 5. The predicted molar refractivity (Wildman–Crippen MR) is 99.6 cm³/mol. The molecule has 0 spiro atoms. The average Bonchev–Trinajstić information content (AvgIpc) is 2.66. The van der Waals surface area contributed by atoms with E-state index in [1.165, 1.54) is 32.4 Å². The number of esters is 1. The van der Waals surface area contributed by atoms with Crippen LogP contribution >= 0.6 is 11.6 Å². The van der Waals surface area contributed by atoms with Gasteiger partial charge >= 0.3 is 12.1 Å². The number of aliphatic imine (C=N–C) groups is 2. The van der Waals surface area contributed by atoms with Crippen molar-refractivity contribution in [3.8, 4) is 5.75 Å². The molecule has 0 aliphatic carbocycles. The highest BCUT2D eigenvalue weighted by atomic mass is 35.5. The van der Waals surface area contributed by atoms with Gasteiger partial charge in [-0.25, -0.2) is 9.18 Å². The molecular weight excluding hydrogens is 416 g/mol. The molecule has 0 saturated carbocycles. The first kappa shape index (κ1) is 22.1. The maximum atomic E-state index is 14.1. The predicted octanol–water partition coefficient (Wildman–Crippen LogP) is 5.83.